The molecule has 0 bridgehead atoms. The van der Waals surface area contributed by atoms with Crippen LogP contribution in [0.25, 0.3) is 11.0 Å². The molecule has 8 nitrogen and oxygen atoms in total. The second kappa shape index (κ2) is 13.2. The third-order valence-corrected chi connectivity index (χ3v) is 8.80. The van der Waals surface area contributed by atoms with Crippen molar-refractivity contribution in [2.75, 3.05) is 7.11 Å². The molecule has 0 spiro atoms. The minimum absolute atomic E-state index is 0.00889. The van der Waals surface area contributed by atoms with Crippen molar-refractivity contribution in [3.63, 3.8) is 0 Å². The van der Waals surface area contributed by atoms with E-state index in [0.29, 0.717) is 48.3 Å². The van der Waals surface area contributed by atoms with Gasteiger partial charge in [0, 0.05) is 17.8 Å². The van der Waals surface area contributed by atoms with E-state index < -0.39 is 17.2 Å². The van der Waals surface area contributed by atoms with Crippen LogP contribution in [0.4, 0.5) is 0 Å². The highest BCUT2D eigenvalue weighted by atomic mass is 16.5. The third-order valence-electron chi connectivity index (χ3n) is 8.80. The monoisotopic (exact) mass is 571 g/mol. The molecule has 3 N–H and O–H groups in total. The Morgan fingerprint density at radius 3 is 2.49 bits per heavy atom. The lowest BCUT2D eigenvalue weighted by molar-refractivity contribution is -0.121. The maximum atomic E-state index is 13.7. The van der Waals surface area contributed by atoms with Crippen molar-refractivity contribution in [1.82, 2.24) is 5.32 Å². The number of esters is 1. The molecular weight excluding hydrogens is 522 g/mol. The fraction of sp³-hybridized carbons (Fsp3) is 0.697. The van der Waals surface area contributed by atoms with Crippen LogP contribution in [-0.4, -0.2) is 46.9 Å². The standard InChI is InChI=1S/C33H49NO7/c1-21-10-13-24(14-11-21)40-31(36)28-25-19-23(12-15-27(35)34-22(2)9-8-16-32(3,4)37)20-26(39-5)29(25)41-30(28)33(38)17-6-7-18-33/h19-22,24,37-38H,6-18H2,1-5H3,(H,34,35). The van der Waals surface area contributed by atoms with Crippen LogP contribution >= 0.6 is 0 Å². The minimum Gasteiger partial charge on any atom is -0.493 e. The first-order valence-electron chi connectivity index (χ1n) is 15.5. The van der Waals surface area contributed by atoms with Gasteiger partial charge in [-0.15, -0.1) is 0 Å². The Morgan fingerprint density at radius 2 is 1.85 bits per heavy atom. The number of benzene rings is 1. The number of fused-ring (bicyclic) bond motifs is 1. The molecular formula is C33H49NO7. The molecule has 0 aliphatic heterocycles. The van der Waals surface area contributed by atoms with Gasteiger partial charge in [0.2, 0.25) is 5.91 Å². The van der Waals surface area contributed by atoms with Crippen LogP contribution in [-0.2, 0) is 21.6 Å². The van der Waals surface area contributed by atoms with Crippen molar-refractivity contribution in [3.05, 3.63) is 29.0 Å². The Kier molecular flexibility index (Phi) is 10.1. The molecule has 2 saturated carbocycles. The van der Waals surface area contributed by atoms with Crippen LogP contribution in [0.5, 0.6) is 5.75 Å². The summed E-state index contributed by atoms with van der Waals surface area (Å²) in [5.74, 6) is 0.849. The van der Waals surface area contributed by atoms with Gasteiger partial charge in [-0.1, -0.05) is 6.92 Å². The van der Waals surface area contributed by atoms with Crippen LogP contribution in [0.1, 0.15) is 126 Å². The Bertz CT molecular complexity index is 1200. The summed E-state index contributed by atoms with van der Waals surface area (Å²) in [6.07, 6.45) is 9.37. The maximum absolute atomic E-state index is 13.7. The van der Waals surface area contributed by atoms with Crippen LogP contribution in [0, 0.1) is 5.92 Å². The zero-order valence-corrected chi connectivity index (χ0v) is 25.5. The highest BCUT2D eigenvalue weighted by Gasteiger charge is 2.42. The largest absolute Gasteiger partial charge is 0.493 e. The van der Waals surface area contributed by atoms with E-state index in [1.54, 1.807) is 21.0 Å². The van der Waals surface area contributed by atoms with E-state index in [0.717, 1.165) is 56.9 Å². The molecule has 1 atom stereocenters. The van der Waals surface area contributed by atoms with E-state index in [-0.39, 0.29) is 35.8 Å². The van der Waals surface area contributed by atoms with Gasteiger partial charge < -0.3 is 29.4 Å². The highest BCUT2D eigenvalue weighted by Crippen LogP contribution is 2.46. The van der Waals surface area contributed by atoms with Crippen LogP contribution < -0.4 is 10.1 Å². The summed E-state index contributed by atoms with van der Waals surface area (Å²) in [4.78, 5) is 26.4. The van der Waals surface area contributed by atoms with Crippen LogP contribution in [0.2, 0.25) is 0 Å². The molecule has 4 rings (SSSR count). The van der Waals surface area contributed by atoms with E-state index >= 15 is 0 Å². The lowest BCUT2D eigenvalue weighted by atomic mass is 9.89. The summed E-state index contributed by atoms with van der Waals surface area (Å²) in [6, 6.07) is 3.73. The predicted octanol–water partition coefficient (Wildman–Crippen LogP) is 6.32. The molecule has 2 aliphatic carbocycles. The van der Waals surface area contributed by atoms with Gasteiger partial charge in [-0.05, 0) is 121 Å². The molecule has 8 heteroatoms. The number of carbonyl (C=O) groups excluding carboxylic acids is 2. The first kappa shape index (κ1) is 31.4. The summed E-state index contributed by atoms with van der Waals surface area (Å²) in [5.41, 5.74) is -0.387. The van der Waals surface area contributed by atoms with E-state index in [2.05, 4.69) is 12.2 Å². The molecule has 2 fully saturated rings. The van der Waals surface area contributed by atoms with Gasteiger partial charge in [0.1, 0.15) is 17.3 Å². The first-order valence-corrected chi connectivity index (χ1v) is 15.5. The number of aryl methyl sites for hydroxylation is 1. The van der Waals surface area contributed by atoms with E-state index in [4.69, 9.17) is 13.9 Å². The summed E-state index contributed by atoms with van der Waals surface area (Å²) >= 11 is 0. The Hall–Kier alpha value is -2.58. The summed E-state index contributed by atoms with van der Waals surface area (Å²) in [7, 11) is 1.55. The van der Waals surface area contributed by atoms with Gasteiger partial charge >= 0.3 is 5.97 Å². The number of methoxy groups -OCH3 is 1. The zero-order chi connectivity index (χ0) is 29.8. The molecule has 0 saturated heterocycles. The van der Waals surface area contributed by atoms with Crippen molar-refractivity contribution < 1.29 is 33.7 Å². The second-order valence-electron chi connectivity index (χ2n) is 13.2. The van der Waals surface area contributed by atoms with Gasteiger partial charge in [-0.3, -0.25) is 4.79 Å². The Balaban J connectivity index is 1.55. The van der Waals surface area contributed by atoms with Gasteiger partial charge in [0.05, 0.1) is 12.7 Å². The van der Waals surface area contributed by atoms with Crippen molar-refractivity contribution in [2.45, 2.75) is 135 Å². The van der Waals surface area contributed by atoms with Crippen molar-refractivity contribution in [2.24, 2.45) is 5.92 Å². The first-order chi connectivity index (χ1) is 19.4. The van der Waals surface area contributed by atoms with E-state index in [1.165, 1.54) is 0 Å². The number of carbonyl (C=O) groups is 2. The topological polar surface area (TPSA) is 118 Å². The predicted molar refractivity (Wildman–Crippen MR) is 158 cm³/mol. The SMILES string of the molecule is COc1cc(CCC(=O)NC(C)CCCC(C)(C)O)cc2c(C(=O)OC3CCC(C)CC3)c(C3(O)CCCC3)oc12. The van der Waals surface area contributed by atoms with Gasteiger partial charge in [0.15, 0.2) is 17.1 Å². The zero-order valence-electron chi connectivity index (χ0n) is 25.5. The molecule has 2 aromatic rings. The molecule has 0 radical (unpaired) electrons. The van der Waals surface area contributed by atoms with Crippen molar-refractivity contribution in [3.8, 4) is 5.75 Å². The van der Waals surface area contributed by atoms with Gasteiger partial charge in [0.25, 0.3) is 0 Å². The lowest BCUT2D eigenvalue weighted by Crippen LogP contribution is -2.33. The van der Waals surface area contributed by atoms with E-state index in [9.17, 15) is 19.8 Å². The molecule has 1 amide bonds. The average molecular weight is 572 g/mol. The second-order valence-corrected chi connectivity index (χ2v) is 13.2. The third kappa shape index (κ3) is 8.04. The van der Waals surface area contributed by atoms with Crippen LogP contribution in [0.15, 0.2) is 16.5 Å². The molecule has 1 aromatic heterocycles. The molecule has 41 heavy (non-hydrogen) atoms. The summed E-state index contributed by atoms with van der Waals surface area (Å²) in [5, 5.41) is 25.0. The molecule has 228 valence electrons. The molecule has 1 aromatic carbocycles. The number of hydrogen-bond acceptors (Lipinski definition) is 7. The molecule has 1 unspecified atom stereocenters. The Morgan fingerprint density at radius 1 is 1.17 bits per heavy atom. The van der Waals surface area contributed by atoms with Crippen molar-refractivity contribution in [1.29, 1.82) is 0 Å². The number of amides is 1. The average Bonchev–Trinajstić information content (AvgIpc) is 3.52. The Labute approximate surface area is 244 Å². The number of aliphatic hydroxyl groups is 2. The maximum Gasteiger partial charge on any atom is 0.342 e. The number of furan rings is 1. The fourth-order valence-corrected chi connectivity index (χ4v) is 6.31. The van der Waals surface area contributed by atoms with Crippen LogP contribution in [0.3, 0.4) is 0 Å². The number of nitrogens with one attached hydrogen (secondary N) is 1. The minimum atomic E-state index is -1.22. The lowest BCUT2D eigenvalue weighted by Gasteiger charge is -2.26. The van der Waals surface area contributed by atoms with Gasteiger partial charge in [-0.25, -0.2) is 4.79 Å². The summed E-state index contributed by atoms with van der Waals surface area (Å²) < 4.78 is 17.9. The van der Waals surface area contributed by atoms with Gasteiger partial charge in [-0.2, -0.15) is 0 Å². The normalized spacial score (nSPS) is 21.5. The van der Waals surface area contributed by atoms with Crippen molar-refractivity contribution >= 4 is 22.8 Å². The number of rotatable bonds is 12. The fourth-order valence-electron chi connectivity index (χ4n) is 6.31. The molecule has 1 heterocycles. The summed E-state index contributed by atoms with van der Waals surface area (Å²) in [6.45, 7) is 7.78. The smallest absolute Gasteiger partial charge is 0.342 e. The highest BCUT2D eigenvalue weighted by molar-refractivity contribution is 6.06. The quantitative estimate of drug-likeness (QED) is 0.255. The van der Waals surface area contributed by atoms with E-state index in [1.807, 2.05) is 19.1 Å². The number of hydrogen-bond donors (Lipinski definition) is 3. The number of ether oxygens (including phenoxy) is 2. The molecule has 2 aliphatic rings.